The van der Waals surface area contributed by atoms with E-state index in [1.807, 2.05) is 12.1 Å². The van der Waals surface area contributed by atoms with Crippen LogP contribution in [0.1, 0.15) is 42.3 Å². The molecule has 4 nitrogen and oxygen atoms in total. The van der Waals surface area contributed by atoms with E-state index in [1.165, 1.54) is 5.56 Å². The predicted octanol–water partition coefficient (Wildman–Crippen LogP) is 7.13. The molecule has 0 heterocycles. The van der Waals surface area contributed by atoms with E-state index in [2.05, 4.69) is 38.2 Å². The van der Waals surface area contributed by atoms with E-state index >= 15 is 0 Å². The summed E-state index contributed by atoms with van der Waals surface area (Å²) in [6, 6.07) is 18.1. The predicted molar refractivity (Wildman–Crippen MR) is 127 cm³/mol. The maximum Gasteiger partial charge on any atom is 0.255 e. The summed E-state index contributed by atoms with van der Waals surface area (Å²) in [7, 11) is 1.59. The number of hydrogen-bond donors (Lipinski definition) is 1. The number of ether oxygens (including phenoxy) is 2. The van der Waals surface area contributed by atoms with E-state index in [9.17, 15) is 4.79 Å². The summed E-state index contributed by atoms with van der Waals surface area (Å²) in [5.74, 6) is 1.11. The zero-order chi connectivity index (χ0) is 22.6. The Kier molecular flexibility index (Phi) is 7.14. The zero-order valence-corrected chi connectivity index (χ0v) is 19.5. The topological polar surface area (TPSA) is 47.6 Å². The van der Waals surface area contributed by atoms with E-state index in [4.69, 9.17) is 32.7 Å². The van der Waals surface area contributed by atoms with Crippen LogP contribution in [0.15, 0.2) is 60.7 Å². The van der Waals surface area contributed by atoms with Crippen molar-refractivity contribution >= 4 is 34.8 Å². The molecule has 1 amide bonds. The molecule has 0 spiro atoms. The number of methoxy groups -OCH3 is 1. The summed E-state index contributed by atoms with van der Waals surface area (Å²) >= 11 is 12.0. The molecule has 6 heteroatoms. The van der Waals surface area contributed by atoms with Crippen molar-refractivity contribution in [2.75, 3.05) is 12.4 Å². The van der Waals surface area contributed by atoms with Gasteiger partial charge in [0.2, 0.25) is 0 Å². The Morgan fingerprint density at radius 3 is 2.16 bits per heavy atom. The first kappa shape index (κ1) is 23.0. The molecule has 3 rings (SSSR count). The lowest BCUT2D eigenvalue weighted by molar-refractivity contribution is 0.102. The van der Waals surface area contributed by atoms with Gasteiger partial charge in [0.05, 0.1) is 7.11 Å². The second kappa shape index (κ2) is 9.63. The highest BCUT2D eigenvalue weighted by atomic mass is 35.5. The Bertz CT molecular complexity index is 1050. The molecule has 0 radical (unpaired) electrons. The first-order chi connectivity index (χ1) is 14.7. The number of anilines is 1. The molecule has 0 aliphatic carbocycles. The number of carbonyl (C=O) groups excluding carboxylic acids is 1. The molecule has 0 saturated heterocycles. The number of hydrogen-bond acceptors (Lipinski definition) is 3. The molecule has 0 fully saturated rings. The number of amides is 1. The Balaban J connectivity index is 1.74. The molecule has 0 bridgehead atoms. The summed E-state index contributed by atoms with van der Waals surface area (Å²) in [5, 5.41) is 3.71. The van der Waals surface area contributed by atoms with E-state index < -0.39 is 0 Å². The van der Waals surface area contributed by atoms with Crippen molar-refractivity contribution in [2.45, 2.75) is 32.8 Å². The maximum atomic E-state index is 12.7. The van der Waals surface area contributed by atoms with Crippen LogP contribution in [0.3, 0.4) is 0 Å². The van der Waals surface area contributed by atoms with Gasteiger partial charge in [-0.3, -0.25) is 4.79 Å². The van der Waals surface area contributed by atoms with Crippen molar-refractivity contribution in [1.82, 2.24) is 0 Å². The smallest absolute Gasteiger partial charge is 0.255 e. The molecule has 1 N–H and O–H groups in total. The highest BCUT2D eigenvalue weighted by Crippen LogP contribution is 2.27. The molecule has 162 valence electrons. The largest absolute Gasteiger partial charge is 0.496 e. The van der Waals surface area contributed by atoms with Crippen LogP contribution in [0.5, 0.6) is 11.5 Å². The number of rotatable bonds is 6. The van der Waals surface area contributed by atoms with E-state index in [0.29, 0.717) is 27.0 Å². The standard InChI is InChI=1S/C25H25Cl2NO3/c1-25(2,3)18-6-8-22(9-7-18)31-15-17-11-16(5-10-23(17)30-4)24(29)28-21-13-19(26)12-20(27)14-21/h5-14H,15H2,1-4H3,(H,28,29). The van der Waals surface area contributed by atoms with Gasteiger partial charge in [-0.15, -0.1) is 0 Å². The Labute approximate surface area is 193 Å². The van der Waals surface area contributed by atoms with Crippen LogP contribution < -0.4 is 14.8 Å². The van der Waals surface area contributed by atoms with Gasteiger partial charge < -0.3 is 14.8 Å². The zero-order valence-electron chi connectivity index (χ0n) is 18.0. The molecule has 0 aliphatic rings. The Morgan fingerprint density at radius 2 is 1.58 bits per heavy atom. The normalized spacial score (nSPS) is 11.2. The minimum Gasteiger partial charge on any atom is -0.496 e. The highest BCUT2D eigenvalue weighted by molar-refractivity contribution is 6.35. The Morgan fingerprint density at radius 1 is 0.935 bits per heavy atom. The van der Waals surface area contributed by atoms with Gasteiger partial charge in [0, 0.05) is 26.9 Å². The van der Waals surface area contributed by atoms with Crippen LogP contribution in [0.4, 0.5) is 5.69 Å². The summed E-state index contributed by atoms with van der Waals surface area (Å²) in [4.78, 5) is 12.7. The van der Waals surface area contributed by atoms with Gasteiger partial charge in [-0.05, 0) is 59.5 Å². The van der Waals surface area contributed by atoms with Gasteiger partial charge in [0.25, 0.3) is 5.91 Å². The second-order valence-electron chi connectivity index (χ2n) is 8.20. The summed E-state index contributed by atoms with van der Waals surface area (Å²) in [5.41, 5.74) is 3.07. The maximum absolute atomic E-state index is 12.7. The van der Waals surface area contributed by atoms with Crippen molar-refractivity contribution in [3.8, 4) is 11.5 Å². The van der Waals surface area contributed by atoms with Crippen LogP contribution in [-0.2, 0) is 12.0 Å². The van der Waals surface area contributed by atoms with Crippen molar-refractivity contribution in [2.24, 2.45) is 0 Å². The number of carbonyl (C=O) groups is 1. The van der Waals surface area contributed by atoms with Crippen LogP contribution >= 0.6 is 23.2 Å². The second-order valence-corrected chi connectivity index (χ2v) is 9.07. The SMILES string of the molecule is COc1ccc(C(=O)Nc2cc(Cl)cc(Cl)c2)cc1COc1ccc(C(C)(C)C)cc1. The fraction of sp³-hybridized carbons (Fsp3) is 0.240. The average molecular weight is 458 g/mol. The lowest BCUT2D eigenvalue weighted by atomic mass is 9.87. The quantitative estimate of drug-likeness (QED) is 0.428. The lowest BCUT2D eigenvalue weighted by Gasteiger charge is -2.19. The molecule has 0 saturated carbocycles. The first-order valence-corrected chi connectivity index (χ1v) is 10.6. The molecule has 0 unspecified atom stereocenters. The van der Waals surface area contributed by atoms with Gasteiger partial charge >= 0.3 is 0 Å². The minimum atomic E-state index is -0.281. The molecule has 0 aromatic heterocycles. The van der Waals surface area contributed by atoms with Crippen LogP contribution in [0, 0.1) is 0 Å². The monoisotopic (exact) mass is 457 g/mol. The lowest BCUT2D eigenvalue weighted by Crippen LogP contribution is -2.13. The summed E-state index contributed by atoms with van der Waals surface area (Å²) in [6.45, 7) is 6.77. The summed E-state index contributed by atoms with van der Waals surface area (Å²) < 4.78 is 11.4. The van der Waals surface area contributed by atoms with Crippen molar-refractivity contribution in [1.29, 1.82) is 0 Å². The summed E-state index contributed by atoms with van der Waals surface area (Å²) in [6.07, 6.45) is 0. The van der Waals surface area contributed by atoms with Crippen molar-refractivity contribution < 1.29 is 14.3 Å². The van der Waals surface area contributed by atoms with Crippen LogP contribution in [-0.4, -0.2) is 13.0 Å². The van der Waals surface area contributed by atoms with Gasteiger partial charge in [-0.1, -0.05) is 56.1 Å². The average Bonchev–Trinajstić information content (AvgIpc) is 2.71. The molecule has 3 aromatic rings. The van der Waals surface area contributed by atoms with Gasteiger partial charge in [-0.25, -0.2) is 0 Å². The van der Waals surface area contributed by atoms with Crippen LogP contribution in [0.2, 0.25) is 10.0 Å². The Hall–Kier alpha value is -2.69. The fourth-order valence-corrected chi connectivity index (χ4v) is 3.60. The number of nitrogens with one attached hydrogen (secondary N) is 1. The number of benzene rings is 3. The van der Waals surface area contributed by atoms with Crippen molar-refractivity contribution in [3.05, 3.63) is 87.4 Å². The molecular weight excluding hydrogens is 433 g/mol. The molecule has 31 heavy (non-hydrogen) atoms. The fourth-order valence-electron chi connectivity index (χ4n) is 3.07. The van der Waals surface area contributed by atoms with E-state index in [1.54, 1.807) is 43.5 Å². The van der Waals surface area contributed by atoms with Crippen molar-refractivity contribution in [3.63, 3.8) is 0 Å². The minimum absolute atomic E-state index is 0.0800. The highest BCUT2D eigenvalue weighted by Gasteiger charge is 2.14. The van der Waals surface area contributed by atoms with E-state index in [0.717, 1.165) is 11.3 Å². The van der Waals surface area contributed by atoms with Gasteiger partial charge in [-0.2, -0.15) is 0 Å². The third-order valence-corrected chi connectivity index (χ3v) is 5.21. The molecular formula is C25H25Cl2NO3. The first-order valence-electron chi connectivity index (χ1n) is 9.83. The third kappa shape index (κ3) is 6.16. The third-order valence-electron chi connectivity index (χ3n) is 4.78. The molecule has 0 atom stereocenters. The van der Waals surface area contributed by atoms with Gasteiger partial charge in [0.1, 0.15) is 18.1 Å². The number of halogens is 2. The van der Waals surface area contributed by atoms with E-state index in [-0.39, 0.29) is 17.9 Å². The molecule has 3 aromatic carbocycles. The van der Waals surface area contributed by atoms with Crippen LogP contribution in [0.25, 0.3) is 0 Å². The van der Waals surface area contributed by atoms with Gasteiger partial charge in [0.15, 0.2) is 0 Å². The molecule has 0 aliphatic heterocycles.